The summed E-state index contributed by atoms with van der Waals surface area (Å²) < 4.78 is 0. The van der Waals surface area contributed by atoms with Gasteiger partial charge in [-0.1, -0.05) is 11.3 Å². The Labute approximate surface area is 97.2 Å². The van der Waals surface area contributed by atoms with Gasteiger partial charge in [0.2, 0.25) is 5.13 Å². The number of thiophene rings is 1. The summed E-state index contributed by atoms with van der Waals surface area (Å²) >= 11 is 3.37. The second kappa shape index (κ2) is 4.28. The summed E-state index contributed by atoms with van der Waals surface area (Å²) in [5.74, 6) is 0. The molecule has 0 radical (unpaired) electrons. The van der Waals surface area contributed by atoms with Gasteiger partial charge in [0.15, 0.2) is 0 Å². The Hall–Kier alpha value is -0.940. The van der Waals surface area contributed by atoms with Crippen LogP contribution in [-0.2, 0) is 0 Å². The fourth-order valence-electron chi connectivity index (χ4n) is 1.58. The van der Waals surface area contributed by atoms with E-state index in [1.807, 2.05) is 11.3 Å². The van der Waals surface area contributed by atoms with E-state index < -0.39 is 0 Å². The highest BCUT2D eigenvalue weighted by Gasteiger charge is 2.11. The molecule has 0 fully saturated rings. The van der Waals surface area contributed by atoms with Crippen LogP contribution in [0.25, 0.3) is 0 Å². The van der Waals surface area contributed by atoms with E-state index in [0.29, 0.717) is 6.04 Å². The van der Waals surface area contributed by atoms with Crippen molar-refractivity contribution in [2.75, 3.05) is 5.32 Å². The maximum atomic E-state index is 3.98. The molecule has 80 valence electrons. The van der Waals surface area contributed by atoms with Crippen LogP contribution in [-0.4, -0.2) is 10.2 Å². The highest BCUT2D eigenvalue weighted by molar-refractivity contribution is 7.13. The number of rotatable bonds is 3. The first-order valence-corrected chi connectivity index (χ1v) is 6.46. The van der Waals surface area contributed by atoms with Crippen molar-refractivity contribution in [2.24, 2.45) is 0 Å². The quantitative estimate of drug-likeness (QED) is 0.892. The van der Waals surface area contributed by atoms with Crippen LogP contribution >= 0.6 is 22.7 Å². The standard InChI is InChI=1S/C10H13N3S2/c1-6-4-9(8(3)15-6)7(2)12-10-13-11-5-14-10/h4-5,7H,1-3H3,(H,12,13). The van der Waals surface area contributed by atoms with Crippen LogP contribution < -0.4 is 5.32 Å². The molecule has 0 aromatic carbocycles. The number of nitrogens with one attached hydrogen (secondary N) is 1. The molecule has 2 aromatic heterocycles. The molecule has 15 heavy (non-hydrogen) atoms. The predicted octanol–water partition coefficient (Wildman–Crippen LogP) is 3.39. The first-order valence-electron chi connectivity index (χ1n) is 4.76. The van der Waals surface area contributed by atoms with E-state index >= 15 is 0 Å². The Bertz CT molecular complexity index is 433. The van der Waals surface area contributed by atoms with Crippen molar-refractivity contribution in [3.8, 4) is 0 Å². The second-order valence-electron chi connectivity index (χ2n) is 3.48. The number of hydrogen-bond donors (Lipinski definition) is 1. The minimum atomic E-state index is 0.294. The molecular weight excluding hydrogens is 226 g/mol. The average molecular weight is 239 g/mol. The number of aromatic nitrogens is 2. The first-order chi connectivity index (χ1) is 7.16. The Morgan fingerprint density at radius 1 is 1.40 bits per heavy atom. The van der Waals surface area contributed by atoms with Crippen LogP contribution in [0.3, 0.4) is 0 Å². The summed E-state index contributed by atoms with van der Waals surface area (Å²) in [6, 6.07) is 2.53. The van der Waals surface area contributed by atoms with Crippen LogP contribution in [0.15, 0.2) is 11.6 Å². The van der Waals surface area contributed by atoms with Crippen LogP contribution in [0.1, 0.15) is 28.3 Å². The van der Waals surface area contributed by atoms with Gasteiger partial charge in [0.1, 0.15) is 5.51 Å². The van der Waals surface area contributed by atoms with Crippen molar-refractivity contribution < 1.29 is 0 Å². The summed E-state index contributed by atoms with van der Waals surface area (Å²) in [5.41, 5.74) is 3.09. The molecule has 0 amide bonds. The molecule has 5 heteroatoms. The normalized spacial score (nSPS) is 12.7. The molecule has 0 aliphatic carbocycles. The van der Waals surface area contributed by atoms with Gasteiger partial charge in [-0.15, -0.1) is 21.5 Å². The molecule has 2 aromatic rings. The van der Waals surface area contributed by atoms with E-state index in [4.69, 9.17) is 0 Å². The monoisotopic (exact) mass is 239 g/mol. The van der Waals surface area contributed by atoms with Crippen LogP contribution in [0.4, 0.5) is 5.13 Å². The summed E-state index contributed by atoms with van der Waals surface area (Å²) in [4.78, 5) is 2.73. The van der Waals surface area contributed by atoms with E-state index in [1.54, 1.807) is 5.51 Å². The van der Waals surface area contributed by atoms with Gasteiger partial charge < -0.3 is 5.32 Å². The highest BCUT2D eigenvalue weighted by atomic mass is 32.1. The molecule has 0 saturated carbocycles. The van der Waals surface area contributed by atoms with Gasteiger partial charge >= 0.3 is 0 Å². The maximum absolute atomic E-state index is 3.98. The zero-order chi connectivity index (χ0) is 10.8. The number of anilines is 1. The molecule has 1 N–H and O–H groups in total. The van der Waals surface area contributed by atoms with Crippen molar-refractivity contribution in [1.82, 2.24) is 10.2 Å². The Morgan fingerprint density at radius 2 is 2.20 bits per heavy atom. The molecule has 0 aliphatic rings. The van der Waals surface area contributed by atoms with Gasteiger partial charge in [-0.25, -0.2) is 0 Å². The fourth-order valence-corrected chi connectivity index (χ4v) is 3.13. The number of aryl methyl sites for hydroxylation is 2. The molecule has 0 spiro atoms. The van der Waals surface area contributed by atoms with Gasteiger partial charge in [0.25, 0.3) is 0 Å². The van der Waals surface area contributed by atoms with Crippen molar-refractivity contribution in [3.05, 3.63) is 26.9 Å². The van der Waals surface area contributed by atoms with Gasteiger partial charge in [0, 0.05) is 9.75 Å². The topological polar surface area (TPSA) is 37.8 Å². The first kappa shape index (κ1) is 10.6. The Balaban J connectivity index is 2.14. The summed E-state index contributed by atoms with van der Waals surface area (Å²) in [6.45, 7) is 6.44. The SMILES string of the molecule is Cc1cc(C(C)Nc2nncs2)c(C)s1. The molecule has 3 nitrogen and oxygen atoms in total. The molecule has 2 rings (SSSR count). The maximum Gasteiger partial charge on any atom is 0.205 e. The van der Waals surface area contributed by atoms with Gasteiger partial charge in [-0.3, -0.25) is 0 Å². The predicted molar refractivity (Wildman–Crippen MR) is 65.7 cm³/mol. The van der Waals surface area contributed by atoms with Gasteiger partial charge in [-0.05, 0) is 32.4 Å². The van der Waals surface area contributed by atoms with Crippen molar-refractivity contribution in [1.29, 1.82) is 0 Å². The van der Waals surface area contributed by atoms with E-state index in [1.165, 1.54) is 26.7 Å². The van der Waals surface area contributed by atoms with Crippen molar-refractivity contribution >= 4 is 27.8 Å². The lowest BCUT2D eigenvalue weighted by atomic mass is 10.1. The third kappa shape index (κ3) is 2.35. The van der Waals surface area contributed by atoms with Gasteiger partial charge in [-0.2, -0.15) is 0 Å². The minimum Gasteiger partial charge on any atom is -0.354 e. The summed E-state index contributed by atoms with van der Waals surface area (Å²) in [7, 11) is 0. The third-order valence-electron chi connectivity index (χ3n) is 2.25. The van der Waals surface area contributed by atoms with E-state index in [0.717, 1.165) is 5.13 Å². The van der Waals surface area contributed by atoms with Crippen LogP contribution in [0, 0.1) is 13.8 Å². The zero-order valence-electron chi connectivity index (χ0n) is 8.94. The van der Waals surface area contributed by atoms with Crippen LogP contribution in [0.5, 0.6) is 0 Å². The van der Waals surface area contributed by atoms with Crippen LogP contribution in [0.2, 0.25) is 0 Å². The molecule has 0 aliphatic heterocycles. The lowest BCUT2D eigenvalue weighted by molar-refractivity contribution is 0.871. The van der Waals surface area contributed by atoms with Crippen molar-refractivity contribution in [3.63, 3.8) is 0 Å². The zero-order valence-corrected chi connectivity index (χ0v) is 10.6. The van der Waals surface area contributed by atoms with Gasteiger partial charge in [0.05, 0.1) is 6.04 Å². The largest absolute Gasteiger partial charge is 0.354 e. The Kier molecular flexibility index (Phi) is 3.02. The minimum absolute atomic E-state index is 0.294. The second-order valence-corrected chi connectivity index (χ2v) is 5.77. The number of nitrogens with zero attached hydrogens (tertiary/aromatic N) is 2. The molecular formula is C10H13N3S2. The third-order valence-corrected chi connectivity index (χ3v) is 3.85. The highest BCUT2D eigenvalue weighted by Crippen LogP contribution is 2.28. The molecule has 0 saturated heterocycles. The summed E-state index contributed by atoms with van der Waals surface area (Å²) in [6.07, 6.45) is 0. The molecule has 2 heterocycles. The number of hydrogen-bond acceptors (Lipinski definition) is 5. The van der Waals surface area contributed by atoms with Crippen molar-refractivity contribution in [2.45, 2.75) is 26.8 Å². The lowest BCUT2D eigenvalue weighted by Gasteiger charge is -2.11. The van der Waals surface area contributed by atoms with E-state index in [9.17, 15) is 0 Å². The average Bonchev–Trinajstić information content (AvgIpc) is 2.75. The lowest BCUT2D eigenvalue weighted by Crippen LogP contribution is -2.06. The molecule has 0 bridgehead atoms. The smallest absolute Gasteiger partial charge is 0.205 e. The van der Waals surface area contributed by atoms with E-state index in [2.05, 4.69) is 42.4 Å². The Morgan fingerprint density at radius 3 is 2.73 bits per heavy atom. The molecule has 1 unspecified atom stereocenters. The van der Waals surface area contributed by atoms with E-state index in [-0.39, 0.29) is 0 Å². The summed E-state index contributed by atoms with van der Waals surface area (Å²) in [5, 5.41) is 12.0. The fraction of sp³-hybridized carbons (Fsp3) is 0.400. The molecule has 1 atom stereocenters.